The summed E-state index contributed by atoms with van der Waals surface area (Å²) in [6, 6.07) is 0.629. The second-order valence-electron chi connectivity index (χ2n) is 11.5. The highest BCUT2D eigenvalue weighted by Crippen LogP contribution is 2.64. The van der Waals surface area contributed by atoms with Gasteiger partial charge in [-0.05, 0) is 99.3 Å². The predicted molar refractivity (Wildman–Crippen MR) is 109 cm³/mol. The molecule has 27 heavy (non-hydrogen) atoms. The average Bonchev–Trinajstić information content (AvgIpc) is 3.22. The highest BCUT2D eigenvalue weighted by molar-refractivity contribution is 5.13. The summed E-state index contributed by atoms with van der Waals surface area (Å²) in [5.41, 5.74) is 0.188. The lowest BCUT2D eigenvalue weighted by Crippen LogP contribution is -2.52. The van der Waals surface area contributed by atoms with Gasteiger partial charge in [0.2, 0.25) is 0 Å². The molecule has 6 aliphatic rings. The summed E-state index contributed by atoms with van der Waals surface area (Å²) in [7, 11) is 0. The molecule has 0 aromatic rings. The predicted octanol–water partition coefficient (Wildman–Crippen LogP) is 5.41. The Balaban J connectivity index is 1.26. The number of piperidine rings is 1. The number of hydrogen-bond donors (Lipinski definition) is 1. The molecule has 0 amide bonds. The van der Waals surface area contributed by atoms with Crippen molar-refractivity contribution in [2.75, 3.05) is 6.54 Å². The van der Waals surface area contributed by atoms with Crippen LogP contribution in [0.5, 0.6) is 0 Å². The van der Waals surface area contributed by atoms with Crippen molar-refractivity contribution in [1.29, 1.82) is 0 Å². The van der Waals surface area contributed by atoms with E-state index in [9.17, 15) is 0 Å². The van der Waals surface area contributed by atoms with Gasteiger partial charge in [-0.1, -0.05) is 33.1 Å². The largest absolute Gasteiger partial charge is 0.370 e. The Hall–Kier alpha value is -0.0800. The summed E-state index contributed by atoms with van der Waals surface area (Å²) in [5.74, 6) is 7.80. The molecular weight excluding hydrogens is 330 g/mol. The molecule has 2 aliphatic heterocycles. The van der Waals surface area contributed by atoms with E-state index in [2.05, 4.69) is 19.2 Å². The first kappa shape index (κ1) is 17.8. The molecule has 11 atom stereocenters. The van der Waals surface area contributed by atoms with E-state index < -0.39 is 0 Å². The molecule has 0 bridgehead atoms. The first-order valence-corrected chi connectivity index (χ1v) is 12.6. The molecule has 6 unspecified atom stereocenters. The van der Waals surface area contributed by atoms with Crippen molar-refractivity contribution in [3.8, 4) is 0 Å². The second kappa shape index (κ2) is 6.46. The summed E-state index contributed by atoms with van der Waals surface area (Å²) in [6.07, 6.45) is 16.8. The maximum absolute atomic E-state index is 7.02. The van der Waals surface area contributed by atoms with E-state index >= 15 is 0 Å². The minimum atomic E-state index is 0.188. The van der Waals surface area contributed by atoms with Gasteiger partial charge in [0.15, 0.2) is 0 Å². The van der Waals surface area contributed by atoms with Crippen molar-refractivity contribution in [2.45, 2.75) is 102 Å². The Bertz CT molecular complexity index is 577. The van der Waals surface area contributed by atoms with E-state index in [1.807, 2.05) is 0 Å². The third-order valence-corrected chi connectivity index (χ3v) is 11.0. The van der Waals surface area contributed by atoms with Crippen molar-refractivity contribution >= 4 is 0 Å². The fraction of sp³-hybridized carbons (Fsp3) is 1.00. The summed E-state index contributed by atoms with van der Waals surface area (Å²) >= 11 is 0. The Kier molecular flexibility index (Phi) is 4.25. The molecule has 0 aromatic carbocycles. The van der Waals surface area contributed by atoms with Gasteiger partial charge in [-0.2, -0.15) is 0 Å². The molecule has 152 valence electrons. The molecule has 6 rings (SSSR count). The lowest BCUT2D eigenvalue weighted by atomic mass is 9.59. The number of nitrogens with one attached hydrogen (secondary N) is 1. The van der Waals surface area contributed by atoms with Crippen LogP contribution in [0.15, 0.2) is 0 Å². The Morgan fingerprint density at radius 3 is 2.48 bits per heavy atom. The smallest absolute Gasteiger partial charge is 0.0756 e. The zero-order chi connectivity index (χ0) is 18.2. The van der Waals surface area contributed by atoms with Gasteiger partial charge in [-0.15, -0.1) is 0 Å². The van der Waals surface area contributed by atoms with Gasteiger partial charge in [0.25, 0.3) is 0 Å². The Morgan fingerprint density at radius 1 is 0.741 bits per heavy atom. The number of ether oxygens (including phenoxy) is 1. The zero-order valence-electron chi connectivity index (χ0n) is 17.7. The van der Waals surface area contributed by atoms with Crippen LogP contribution in [0.3, 0.4) is 0 Å². The van der Waals surface area contributed by atoms with E-state index in [0.29, 0.717) is 18.1 Å². The summed E-state index contributed by atoms with van der Waals surface area (Å²) in [6.45, 7) is 6.35. The minimum Gasteiger partial charge on any atom is -0.370 e. The van der Waals surface area contributed by atoms with Crippen LogP contribution in [0.2, 0.25) is 0 Å². The lowest BCUT2D eigenvalue weighted by Gasteiger charge is -2.49. The normalized spacial score (nSPS) is 59.8. The van der Waals surface area contributed by atoms with Crippen molar-refractivity contribution in [1.82, 2.24) is 5.32 Å². The maximum atomic E-state index is 7.02. The van der Waals surface area contributed by atoms with E-state index in [0.717, 1.165) is 41.4 Å². The summed E-state index contributed by atoms with van der Waals surface area (Å²) < 4.78 is 7.02. The number of hydrogen-bond acceptors (Lipinski definition) is 2. The molecule has 4 aliphatic carbocycles. The monoisotopic (exact) mass is 371 g/mol. The quantitative estimate of drug-likeness (QED) is 0.614. The number of rotatable bonds is 0. The van der Waals surface area contributed by atoms with Gasteiger partial charge >= 0.3 is 0 Å². The Morgan fingerprint density at radius 2 is 1.59 bits per heavy atom. The van der Waals surface area contributed by atoms with Crippen molar-refractivity contribution < 1.29 is 4.74 Å². The number of fused-ring (bicyclic) bond motifs is 6. The highest BCUT2D eigenvalue weighted by Gasteiger charge is 2.63. The first-order valence-electron chi connectivity index (χ1n) is 12.6. The van der Waals surface area contributed by atoms with Crippen LogP contribution in [0.4, 0.5) is 0 Å². The van der Waals surface area contributed by atoms with Gasteiger partial charge in [0, 0.05) is 12.0 Å². The van der Waals surface area contributed by atoms with Crippen LogP contribution in [0.25, 0.3) is 0 Å². The van der Waals surface area contributed by atoms with E-state index in [-0.39, 0.29) is 5.60 Å². The summed E-state index contributed by atoms with van der Waals surface area (Å²) in [4.78, 5) is 0. The van der Waals surface area contributed by atoms with Crippen LogP contribution in [0.1, 0.15) is 84.5 Å². The van der Waals surface area contributed by atoms with Crippen molar-refractivity contribution in [2.24, 2.45) is 47.3 Å². The molecule has 2 saturated heterocycles. The first-order chi connectivity index (χ1) is 13.2. The molecule has 2 nitrogen and oxygen atoms in total. The topological polar surface area (TPSA) is 21.3 Å². The second-order valence-corrected chi connectivity index (χ2v) is 11.5. The molecule has 4 saturated carbocycles. The molecule has 2 heterocycles. The molecule has 6 fully saturated rings. The van der Waals surface area contributed by atoms with Gasteiger partial charge < -0.3 is 10.1 Å². The standard InChI is InChI=1S/C25H41NO/c1-15-21-14-22-18-7-4-3-6-17(18)9-10-19(22)20(21)11-12-25(15)16(2)24-23(27-25)8-5-13-26-24/h15-24,26H,3-14H2,1-2H3/t15-,16-,17?,18?,19?,20?,21?,22?,23-,24+,25+/m1/s1. The van der Waals surface area contributed by atoms with Crippen molar-refractivity contribution in [3.63, 3.8) is 0 Å². The summed E-state index contributed by atoms with van der Waals surface area (Å²) in [5, 5.41) is 3.84. The van der Waals surface area contributed by atoms with Gasteiger partial charge in [0.05, 0.1) is 11.7 Å². The van der Waals surface area contributed by atoms with Gasteiger partial charge in [0.1, 0.15) is 0 Å². The highest BCUT2D eigenvalue weighted by atomic mass is 16.5. The fourth-order valence-corrected chi connectivity index (χ4v) is 9.79. The molecule has 2 heteroatoms. The SMILES string of the molecule is C[C@@H]1C2CC3C4CCCCC4CCC3C2CC[C@]12O[C@@H]1CCCN[C@H]1[C@H]2C. The maximum Gasteiger partial charge on any atom is 0.0756 e. The van der Waals surface area contributed by atoms with Crippen molar-refractivity contribution in [3.05, 3.63) is 0 Å². The third-order valence-electron chi connectivity index (χ3n) is 11.0. The van der Waals surface area contributed by atoms with Gasteiger partial charge in [-0.3, -0.25) is 0 Å². The van der Waals surface area contributed by atoms with Crippen LogP contribution in [-0.4, -0.2) is 24.3 Å². The lowest BCUT2D eigenvalue weighted by molar-refractivity contribution is -0.141. The van der Waals surface area contributed by atoms with E-state index in [4.69, 9.17) is 4.74 Å². The van der Waals surface area contributed by atoms with Crippen LogP contribution < -0.4 is 5.32 Å². The Labute approximate surface area is 166 Å². The third kappa shape index (κ3) is 2.44. The fourth-order valence-electron chi connectivity index (χ4n) is 9.79. The molecule has 1 spiro atoms. The molecule has 1 N–H and O–H groups in total. The minimum absolute atomic E-state index is 0.188. The average molecular weight is 372 g/mol. The van der Waals surface area contributed by atoms with Gasteiger partial charge in [-0.25, -0.2) is 0 Å². The van der Waals surface area contributed by atoms with E-state index in [1.165, 1.54) is 45.1 Å². The van der Waals surface area contributed by atoms with Crippen LogP contribution in [0, 0.1) is 47.3 Å². The van der Waals surface area contributed by atoms with E-state index in [1.54, 1.807) is 32.1 Å². The molecule has 0 radical (unpaired) electrons. The zero-order valence-corrected chi connectivity index (χ0v) is 17.7. The van der Waals surface area contributed by atoms with Crippen LogP contribution in [-0.2, 0) is 4.74 Å². The van der Waals surface area contributed by atoms with Crippen LogP contribution >= 0.6 is 0 Å². The molecular formula is C25H41NO. The molecule has 0 aromatic heterocycles.